The van der Waals surface area contributed by atoms with Crippen LogP contribution in [0.1, 0.15) is 43.7 Å². The molecule has 0 aliphatic carbocycles. The maximum atomic E-state index is 14.0. The first kappa shape index (κ1) is 30.8. The summed E-state index contributed by atoms with van der Waals surface area (Å²) in [6.07, 6.45) is -1.14. The van der Waals surface area contributed by atoms with Crippen LogP contribution in [-0.4, -0.2) is 76.8 Å². The number of fused-ring (bicyclic) bond motifs is 1. The minimum absolute atomic E-state index is 0.328. The van der Waals surface area contributed by atoms with Crippen molar-refractivity contribution in [1.82, 2.24) is 20.5 Å². The van der Waals surface area contributed by atoms with Gasteiger partial charge >= 0.3 is 0 Å². The van der Waals surface area contributed by atoms with E-state index < -0.39 is 36.0 Å². The zero-order valence-electron chi connectivity index (χ0n) is 23.8. The van der Waals surface area contributed by atoms with Crippen molar-refractivity contribution in [2.75, 3.05) is 31.1 Å². The molecule has 4 rings (SSSR count). The summed E-state index contributed by atoms with van der Waals surface area (Å²) in [5.41, 5.74) is 2.73. The molecule has 0 bridgehead atoms. The number of benzodiazepines with no additional fused rings is 1. The Balaban J connectivity index is 1.61. The van der Waals surface area contributed by atoms with Gasteiger partial charge in [-0.2, -0.15) is 0 Å². The summed E-state index contributed by atoms with van der Waals surface area (Å²) < 4.78 is 0. The molecule has 0 saturated heterocycles. The lowest BCUT2D eigenvalue weighted by Crippen LogP contribution is -2.54. The molecule has 3 amide bonds. The molecule has 1 aliphatic heterocycles. The molecule has 220 valence electrons. The number of para-hydroxylation sites is 1. The number of rotatable bonds is 11. The third-order valence-electron chi connectivity index (χ3n) is 7.12. The van der Waals surface area contributed by atoms with Crippen LogP contribution in [0.2, 0.25) is 5.02 Å². The fourth-order valence-corrected chi connectivity index (χ4v) is 4.78. The summed E-state index contributed by atoms with van der Waals surface area (Å²) in [6, 6.07) is 18.0. The van der Waals surface area contributed by atoms with E-state index in [9.17, 15) is 19.5 Å². The van der Waals surface area contributed by atoms with Gasteiger partial charge in [0.15, 0.2) is 6.10 Å². The van der Waals surface area contributed by atoms with Gasteiger partial charge in [0.05, 0.1) is 17.1 Å². The van der Waals surface area contributed by atoms with E-state index in [1.165, 1.54) is 19.1 Å². The lowest BCUT2D eigenvalue weighted by atomic mass is 10.0. The Morgan fingerprint density at radius 2 is 1.71 bits per heavy atom. The Morgan fingerprint density at radius 3 is 2.38 bits per heavy atom. The second-order valence-corrected chi connectivity index (χ2v) is 10.3. The molecule has 0 saturated carbocycles. The number of nitrogens with one attached hydrogen (secondary N) is 2. The molecular weight excluding hydrogens is 556 g/mol. The van der Waals surface area contributed by atoms with Gasteiger partial charge in [-0.05, 0) is 55.9 Å². The van der Waals surface area contributed by atoms with E-state index in [0.29, 0.717) is 46.3 Å². The Bertz CT molecular complexity index is 1430. The molecule has 3 N–H and O–H groups in total. The normalized spacial score (nSPS) is 16.2. The Morgan fingerprint density at radius 1 is 1.02 bits per heavy atom. The standard InChI is InChI=1S/C31H35ClN6O4/c1-4-37(5-2)18-19-38-25-12-7-6-10-23(25)26(24-11-8-9-17-33-24)35-28(31(38)42)36-29(40)20(3)34-30(41)27(39)21-13-15-22(32)16-14-21/h6-17,20,27-28,39H,4-5,18-19H2,1-3H3,(H,34,41)(H,36,40)/t20-,27?,28?/m0/s1. The molecule has 0 fully saturated rings. The summed E-state index contributed by atoms with van der Waals surface area (Å²) >= 11 is 5.89. The van der Waals surface area contributed by atoms with E-state index in [4.69, 9.17) is 16.6 Å². The minimum atomic E-state index is -1.50. The van der Waals surface area contributed by atoms with Crippen LogP contribution in [0.4, 0.5) is 5.69 Å². The highest BCUT2D eigenvalue weighted by Gasteiger charge is 2.34. The molecule has 1 aromatic heterocycles. The monoisotopic (exact) mass is 590 g/mol. The van der Waals surface area contributed by atoms with E-state index in [0.717, 1.165) is 13.1 Å². The zero-order valence-corrected chi connectivity index (χ0v) is 24.6. The molecule has 42 heavy (non-hydrogen) atoms. The number of halogens is 1. The predicted octanol–water partition coefficient (Wildman–Crippen LogP) is 2.94. The Labute approximate surface area is 250 Å². The molecule has 1 aliphatic rings. The highest BCUT2D eigenvalue weighted by atomic mass is 35.5. The van der Waals surface area contributed by atoms with Crippen molar-refractivity contribution in [1.29, 1.82) is 0 Å². The van der Waals surface area contributed by atoms with Crippen LogP contribution in [0.25, 0.3) is 0 Å². The smallest absolute Gasteiger partial charge is 0.272 e. The van der Waals surface area contributed by atoms with Gasteiger partial charge in [-0.3, -0.25) is 19.4 Å². The maximum Gasteiger partial charge on any atom is 0.272 e. The van der Waals surface area contributed by atoms with Crippen LogP contribution < -0.4 is 15.5 Å². The van der Waals surface area contributed by atoms with E-state index >= 15 is 0 Å². The molecule has 3 atom stereocenters. The third-order valence-corrected chi connectivity index (χ3v) is 7.37. The Kier molecular flexibility index (Phi) is 10.4. The van der Waals surface area contributed by atoms with E-state index in [2.05, 4.69) is 34.4 Å². The number of amides is 3. The molecule has 0 spiro atoms. The summed E-state index contributed by atoms with van der Waals surface area (Å²) in [7, 11) is 0. The number of pyridine rings is 1. The van der Waals surface area contributed by atoms with Gasteiger partial charge in [0.1, 0.15) is 6.04 Å². The first-order chi connectivity index (χ1) is 20.2. The second-order valence-electron chi connectivity index (χ2n) is 9.82. The fourth-order valence-electron chi connectivity index (χ4n) is 4.66. The number of aliphatic hydroxyl groups is 1. The molecule has 2 aromatic carbocycles. The van der Waals surface area contributed by atoms with Crippen LogP contribution in [0.15, 0.2) is 77.9 Å². The second kappa shape index (κ2) is 14.2. The number of nitrogens with zero attached hydrogens (tertiary/aromatic N) is 4. The molecular formula is C31H35ClN6O4. The van der Waals surface area contributed by atoms with Crippen LogP contribution >= 0.6 is 11.6 Å². The summed E-state index contributed by atoms with van der Waals surface area (Å²) in [5, 5.41) is 16.2. The highest BCUT2D eigenvalue weighted by Crippen LogP contribution is 2.28. The van der Waals surface area contributed by atoms with Crippen molar-refractivity contribution >= 4 is 40.7 Å². The molecule has 2 heterocycles. The van der Waals surface area contributed by atoms with Gasteiger partial charge in [0.25, 0.3) is 11.8 Å². The van der Waals surface area contributed by atoms with Gasteiger partial charge < -0.3 is 25.5 Å². The number of benzene rings is 2. The number of likely N-dealkylation sites (N-methyl/N-ethyl adjacent to an activating group) is 1. The van der Waals surface area contributed by atoms with Crippen LogP contribution in [-0.2, 0) is 14.4 Å². The van der Waals surface area contributed by atoms with E-state index in [-0.39, 0.29) is 0 Å². The van der Waals surface area contributed by atoms with Gasteiger partial charge in [-0.15, -0.1) is 0 Å². The number of aliphatic hydroxyl groups excluding tert-OH is 1. The number of carbonyl (C=O) groups excluding carboxylic acids is 3. The number of hydrogen-bond acceptors (Lipinski definition) is 7. The van der Waals surface area contributed by atoms with E-state index in [1.807, 2.05) is 30.3 Å². The molecule has 0 radical (unpaired) electrons. The molecule has 10 nitrogen and oxygen atoms in total. The lowest BCUT2D eigenvalue weighted by Gasteiger charge is -2.28. The molecule has 11 heteroatoms. The first-order valence-electron chi connectivity index (χ1n) is 13.9. The Hall–Kier alpha value is -4.12. The van der Waals surface area contributed by atoms with Gasteiger partial charge in [0.2, 0.25) is 12.1 Å². The van der Waals surface area contributed by atoms with Crippen molar-refractivity contribution in [2.24, 2.45) is 4.99 Å². The van der Waals surface area contributed by atoms with Gasteiger partial charge in [-0.25, -0.2) is 4.99 Å². The van der Waals surface area contributed by atoms with Gasteiger partial charge in [0, 0.05) is 29.9 Å². The van der Waals surface area contributed by atoms with Crippen molar-refractivity contribution in [3.8, 4) is 0 Å². The largest absolute Gasteiger partial charge is 0.378 e. The van der Waals surface area contributed by atoms with Crippen molar-refractivity contribution in [3.63, 3.8) is 0 Å². The van der Waals surface area contributed by atoms with Crippen LogP contribution in [0.5, 0.6) is 0 Å². The lowest BCUT2D eigenvalue weighted by molar-refractivity contribution is -0.134. The van der Waals surface area contributed by atoms with Crippen molar-refractivity contribution < 1.29 is 19.5 Å². The summed E-state index contributed by atoms with van der Waals surface area (Å²) in [6.45, 7) is 8.26. The van der Waals surface area contributed by atoms with Crippen LogP contribution in [0, 0.1) is 0 Å². The average molecular weight is 591 g/mol. The number of aromatic nitrogens is 1. The van der Waals surface area contributed by atoms with Crippen LogP contribution in [0.3, 0.4) is 0 Å². The third kappa shape index (κ3) is 7.20. The highest BCUT2D eigenvalue weighted by molar-refractivity contribution is 6.30. The summed E-state index contributed by atoms with van der Waals surface area (Å²) in [5.74, 6) is -1.81. The van der Waals surface area contributed by atoms with Gasteiger partial charge in [-0.1, -0.05) is 61.8 Å². The topological polar surface area (TPSA) is 127 Å². The zero-order chi connectivity index (χ0) is 30.2. The van der Waals surface area contributed by atoms with E-state index in [1.54, 1.807) is 35.4 Å². The quantitative estimate of drug-likeness (QED) is 0.315. The van der Waals surface area contributed by atoms with Crippen molar-refractivity contribution in [3.05, 3.63) is 94.8 Å². The summed E-state index contributed by atoms with van der Waals surface area (Å²) in [4.78, 5) is 53.0. The maximum absolute atomic E-state index is 14.0. The number of anilines is 1. The average Bonchev–Trinajstić information content (AvgIpc) is 3.12. The number of aliphatic imine (C=N–C) groups is 1. The fraction of sp³-hybridized carbons (Fsp3) is 0.323. The number of hydrogen-bond donors (Lipinski definition) is 3. The first-order valence-corrected chi connectivity index (χ1v) is 14.3. The number of carbonyl (C=O) groups is 3. The van der Waals surface area contributed by atoms with Crippen molar-refractivity contribution in [2.45, 2.75) is 39.1 Å². The minimum Gasteiger partial charge on any atom is -0.378 e. The molecule has 3 aromatic rings. The molecule has 2 unspecified atom stereocenters. The predicted molar refractivity (Wildman–Crippen MR) is 162 cm³/mol. The SMILES string of the molecule is CCN(CC)CCN1C(=O)C(NC(=O)[C@H](C)NC(=O)C(O)c2ccc(Cl)cc2)N=C(c2ccccn2)c2ccccc21.